The summed E-state index contributed by atoms with van der Waals surface area (Å²) < 4.78 is 8.68. The van der Waals surface area contributed by atoms with E-state index >= 15 is 0 Å². The third-order valence-electron chi connectivity index (χ3n) is 5.05. The van der Waals surface area contributed by atoms with Crippen molar-refractivity contribution in [2.45, 2.75) is 34.2 Å². The molecule has 6 nitrogen and oxygen atoms in total. The minimum Gasteiger partial charge on any atom is -0.492 e. The van der Waals surface area contributed by atoms with E-state index < -0.39 is 0 Å². The van der Waals surface area contributed by atoms with Gasteiger partial charge in [-0.1, -0.05) is 35.1 Å². The number of carbonyl (C=O) groups is 1. The second kappa shape index (κ2) is 8.89. The molecule has 0 fully saturated rings. The molecule has 2 aromatic heterocycles. The number of carbonyl (C=O) groups excluding carboxylic acids is 1. The molecule has 2 heterocycles. The third-order valence-corrected chi connectivity index (χ3v) is 6.09. The van der Waals surface area contributed by atoms with Gasteiger partial charge in [0.05, 0.1) is 23.5 Å². The van der Waals surface area contributed by atoms with Gasteiger partial charge in [0.1, 0.15) is 11.3 Å². The van der Waals surface area contributed by atoms with Gasteiger partial charge in [0, 0.05) is 17.8 Å². The third kappa shape index (κ3) is 4.46. The van der Waals surface area contributed by atoms with Crippen LogP contribution in [0.1, 0.15) is 34.2 Å². The number of para-hydroxylation sites is 1. The summed E-state index contributed by atoms with van der Waals surface area (Å²) in [6, 6.07) is 15.6. The van der Waals surface area contributed by atoms with E-state index in [1.165, 1.54) is 11.3 Å². The van der Waals surface area contributed by atoms with Gasteiger partial charge in [-0.25, -0.2) is 4.98 Å². The highest BCUT2D eigenvalue weighted by molar-refractivity contribution is 7.22. The van der Waals surface area contributed by atoms with Crippen molar-refractivity contribution in [2.24, 2.45) is 0 Å². The Bertz CT molecular complexity index is 1230. The number of thiazole rings is 1. The summed E-state index contributed by atoms with van der Waals surface area (Å²) in [6.07, 6.45) is 0. The van der Waals surface area contributed by atoms with Gasteiger partial charge in [-0.15, -0.1) is 0 Å². The van der Waals surface area contributed by atoms with Crippen molar-refractivity contribution < 1.29 is 9.53 Å². The fourth-order valence-corrected chi connectivity index (χ4v) is 4.62. The number of fused-ring (bicyclic) bond motifs is 1. The Labute approximate surface area is 186 Å². The molecule has 4 aromatic rings. The molecule has 0 saturated heterocycles. The number of aryl methyl sites for hydroxylation is 3. The molecular weight excluding hydrogens is 408 g/mol. The maximum atomic E-state index is 13.5. The Morgan fingerprint density at radius 3 is 2.65 bits per heavy atom. The summed E-state index contributed by atoms with van der Waals surface area (Å²) >= 11 is 1.50. The van der Waals surface area contributed by atoms with Crippen molar-refractivity contribution in [1.82, 2.24) is 14.8 Å². The van der Waals surface area contributed by atoms with E-state index in [4.69, 9.17) is 9.72 Å². The normalized spacial score (nSPS) is 11.1. The average molecular weight is 435 g/mol. The van der Waals surface area contributed by atoms with Crippen LogP contribution in [0.2, 0.25) is 0 Å². The van der Waals surface area contributed by atoms with Crippen LogP contribution in [0.15, 0.2) is 48.5 Å². The number of hydrogen-bond acceptors (Lipinski definition) is 5. The van der Waals surface area contributed by atoms with Crippen LogP contribution in [0.3, 0.4) is 0 Å². The Balaban J connectivity index is 1.72. The van der Waals surface area contributed by atoms with E-state index in [1.807, 2.05) is 80.9 Å². The second-order valence-corrected chi connectivity index (χ2v) is 8.52. The van der Waals surface area contributed by atoms with Crippen LogP contribution in [0, 0.1) is 20.8 Å². The lowest BCUT2D eigenvalue weighted by Crippen LogP contribution is -2.34. The van der Waals surface area contributed by atoms with Gasteiger partial charge in [-0.3, -0.25) is 14.4 Å². The average Bonchev–Trinajstić information content (AvgIpc) is 3.31. The first-order valence-corrected chi connectivity index (χ1v) is 11.2. The van der Waals surface area contributed by atoms with Crippen LogP contribution in [0.25, 0.3) is 10.2 Å². The molecule has 0 radical (unpaired) electrons. The highest BCUT2D eigenvalue weighted by Crippen LogP contribution is 2.34. The molecule has 2 aromatic carbocycles. The topological polar surface area (TPSA) is 60.2 Å². The Morgan fingerprint density at radius 1 is 1.13 bits per heavy atom. The SMILES string of the molecule is CCOc1cccc2sc(N(CCn3nc(C)cc3C)C(=O)c3cccc(C)c3)nc12. The molecular formula is C24H26N4O2S. The smallest absolute Gasteiger partial charge is 0.260 e. The first-order chi connectivity index (χ1) is 15.0. The van der Waals surface area contributed by atoms with E-state index in [-0.39, 0.29) is 5.91 Å². The number of rotatable bonds is 7. The number of aromatic nitrogens is 3. The zero-order valence-electron chi connectivity index (χ0n) is 18.3. The highest BCUT2D eigenvalue weighted by atomic mass is 32.1. The van der Waals surface area contributed by atoms with Gasteiger partial charge in [-0.2, -0.15) is 5.10 Å². The molecule has 4 rings (SSSR count). The lowest BCUT2D eigenvalue weighted by Gasteiger charge is -2.20. The van der Waals surface area contributed by atoms with Gasteiger partial charge in [0.25, 0.3) is 5.91 Å². The lowest BCUT2D eigenvalue weighted by atomic mass is 10.1. The monoisotopic (exact) mass is 434 g/mol. The second-order valence-electron chi connectivity index (χ2n) is 7.51. The molecule has 0 aliphatic heterocycles. The van der Waals surface area contributed by atoms with E-state index in [2.05, 4.69) is 5.10 Å². The summed E-state index contributed by atoms with van der Waals surface area (Å²) in [5.41, 5.74) is 4.53. The molecule has 0 unspecified atom stereocenters. The number of hydrogen-bond donors (Lipinski definition) is 0. The quantitative estimate of drug-likeness (QED) is 0.403. The molecule has 7 heteroatoms. The van der Waals surface area contributed by atoms with Crippen molar-refractivity contribution in [1.29, 1.82) is 0 Å². The first kappa shape index (κ1) is 21.1. The van der Waals surface area contributed by atoms with E-state index in [9.17, 15) is 4.79 Å². The molecule has 0 aliphatic rings. The fourth-order valence-electron chi connectivity index (χ4n) is 3.61. The minimum absolute atomic E-state index is 0.0674. The number of amides is 1. The Kier molecular flexibility index (Phi) is 6.04. The van der Waals surface area contributed by atoms with Gasteiger partial charge >= 0.3 is 0 Å². The number of nitrogens with zero attached hydrogens (tertiary/aromatic N) is 4. The van der Waals surface area contributed by atoms with Crippen molar-refractivity contribution in [3.63, 3.8) is 0 Å². The van der Waals surface area contributed by atoms with Gasteiger partial charge in [0.2, 0.25) is 0 Å². The predicted molar refractivity (Wildman–Crippen MR) is 125 cm³/mol. The molecule has 0 aliphatic carbocycles. The molecule has 0 spiro atoms. The Hall–Kier alpha value is -3.19. The maximum absolute atomic E-state index is 13.5. The van der Waals surface area contributed by atoms with Crippen LogP contribution in [-0.4, -0.2) is 33.8 Å². The number of ether oxygens (including phenoxy) is 1. The predicted octanol–water partition coefficient (Wildman–Crippen LogP) is 5.16. The number of benzene rings is 2. The highest BCUT2D eigenvalue weighted by Gasteiger charge is 2.23. The van der Waals surface area contributed by atoms with Crippen molar-refractivity contribution >= 4 is 32.6 Å². The van der Waals surface area contributed by atoms with E-state index in [1.54, 1.807) is 4.90 Å². The first-order valence-electron chi connectivity index (χ1n) is 10.4. The molecule has 160 valence electrons. The zero-order valence-corrected chi connectivity index (χ0v) is 19.1. The van der Waals surface area contributed by atoms with E-state index in [0.717, 1.165) is 32.9 Å². The summed E-state index contributed by atoms with van der Waals surface area (Å²) in [5.74, 6) is 0.672. The summed E-state index contributed by atoms with van der Waals surface area (Å²) in [6.45, 7) is 9.57. The molecule has 0 atom stereocenters. The molecule has 1 amide bonds. The minimum atomic E-state index is -0.0674. The van der Waals surface area contributed by atoms with Gasteiger partial charge in [-0.05, 0) is 58.0 Å². The van der Waals surface area contributed by atoms with Crippen molar-refractivity contribution in [3.05, 3.63) is 71.0 Å². The van der Waals surface area contributed by atoms with Crippen LogP contribution in [0.4, 0.5) is 5.13 Å². The van der Waals surface area contributed by atoms with Crippen LogP contribution in [0.5, 0.6) is 5.75 Å². The molecule has 0 saturated carbocycles. The van der Waals surface area contributed by atoms with Crippen molar-refractivity contribution in [2.75, 3.05) is 18.1 Å². The zero-order chi connectivity index (χ0) is 22.0. The largest absolute Gasteiger partial charge is 0.492 e. The van der Waals surface area contributed by atoms with Crippen LogP contribution < -0.4 is 9.64 Å². The molecule has 0 N–H and O–H groups in total. The fraction of sp³-hybridized carbons (Fsp3) is 0.292. The Morgan fingerprint density at radius 2 is 1.94 bits per heavy atom. The van der Waals surface area contributed by atoms with Crippen LogP contribution in [-0.2, 0) is 6.54 Å². The summed E-state index contributed by atoms with van der Waals surface area (Å²) in [5, 5.41) is 5.21. The molecule has 0 bridgehead atoms. The summed E-state index contributed by atoms with van der Waals surface area (Å²) in [7, 11) is 0. The summed E-state index contributed by atoms with van der Waals surface area (Å²) in [4.78, 5) is 20.1. The molecule has 31 heavy (non-hydrogen) atoms. The van der Waals surface area contributed by atoms with Crippen LogP contribution >= 0.6 is 11.3 Å². The van der Waals surface area contributed by atoms with E-state index in [0.29, 0.717) is 30.4 Å². The van der Waals surface area contributed by atoms with Gasteiger partial charge < -0.3 is 4.74 Å². The standard InChI is InChI=1S/C24H26N4O2S/c1-5-30-20-10-7-11-21-22(20)25-24(31-21)27(12-13-28-18(4)15-17(3)26-28)23(29)19-9-6-8-16(2)14-19/h6-11,14-15H,5,12-13H2,1-4H3. The lowest BCUT2D eigenvalue weighted by molar-refractivity contribution is 0.0985. The number of anilines is 1. The maximum Gasteiger partial charge on any atom is 0.260 e. The van der Waals surface area contributed by atoms with Gasteiger partial charge in [0.15, 0.2) is 5.13 Å². The van der Waals surface area contributed by atoms with Crippen molar-refractivity contribution in [3.8, 4) is 5.75 Å².